The Labute approximate surface area is 115 Å². The summed E-state index contributed by atoms with van der Waals surface area (Å²) in [6.45, 7) is 2.44. The Hall–Kier alpha value is -1.60. The van der Waals surface area contributed by atoms with E-state index in [1.54, 1.807) is 0 Å². The summed E-state index contributed by atoms with van der Waals surface area (Å²) < 4.78 is 0. The van der Waals surface area contributed by atoms with Crippen LogP contribution in [0.3, 0.4) is 0 Å². The highest BCUT2D eigenvalue weighted by Crippen LogP contribution is 2.30. The Kier molecular flexibility index (Phi) is 5.17. The van der Waals surface area contributed by atoms with Crippen LogP contribution in [0.1, 0.15) is 30.4 Å². The molecular formula is C18H22O. The van der Waals surface area contributed by atoms with Crippen LogP contribution in [0.25, 0.3) is 0 Å². The molecule has 19 heavy (non-hydrogen) atoms. The lowest BCUT2D eigenvalue weighted by molar-refractivity contribution is 0.200. The van der Waals surface area contributed by atoms with E-state index in [0.29, 0.717) is 5.92 Å². The molecule has 1 nitrogen and oxygen atoms in total. The van der Waals surface area contributed by atoms with E-state index in [-0.39, 0.29) is 12.5 Å². The molecule has 0 aliphatic carbocycles. The maximum absolute atomic E-state index is 9.75. The van der Waals surface area contributed by atoms with Crippen LogP contribution in [0.2, 0.25) is 0 Å². The molecule has 1 N–H and O–H groups in total. The first-order chi connectivity index (χ1) is 9.35. The molecule has 0 bridgehead atoms. The Morgan fingerprint density at radius 3 is 2.00 bits per heavy atom. The molecule has 2 aromatic carbocycles. The lowest BCUT2D eigenvalue weighted by atomic mass is 9.81. The molecule has 2 rings (SSSR count). The summed E-state index contributed by atoms with van der Waals surface area (Å²) in [5.74, 6) is 0.709. The van der Waals surface area contributed by atoms with Crippen molar-refractivity contribution in [3.8, 4) is 0 Å². The lowest BCUT2D eigenvalue weighted by Crippen LogP contribution is -2.19. The first-order valence-corrected chi connectivity index (χ1v) is 7.05. The van der Waals surface area contributed by atoms with Crippen molar-refractivity contribution in [2.45, 2.75) is 25.7 Å². The molecule has 2 aromatic rings. The number of aliphatic hydroxyl groups excluding tert-OH is 1. The summed E-state index contributed by atoms with van der Waals surface area (Å²) in [7, 11) is 0. The molecule has 0 fully saturated rings. The molecule has 0 spiro atoms. The molecule has 0 aliphatic rings. The van der Waals surface area contributed by atoms with Crippen LogP contribution in [0.4, 0.5) is 0 Å². The Morgan fingerprint density at radius 2 is 1.47 bits per heavy atom. The van der Waals surface area contributed by atoms with Gasteiger partial charge in [-0.05, 0) is 35.8 Å². The van der Waals surface area contributed by atoms with Gasteiger partial charge in [-0.2, -0.15) is 0 Å². The Balaban J connectivity index is 2.15. The number of hydrogen-bond acceptors (Lipinski definition) is 1. The van der Waals surface area contributed by atoms with Crippen molar-refractivity contribution in [2.24, 2.45) is 5.92 Å². The second-order valence-corrected chi connectivity index (χ2v) is 5.06. The molecule has 0 saturated carbocycles. The van der Waals surface area contributed by atoms with E-state index in [0.717, 1.165) is 12.8 Å². The lowest BCUT2D eigenvalue weighted by Gasteiger charge is -2.25. The van der Waals surface area contributed by atoms with Crippen LogP contribution in [0.15, 0.2) is 60.7 Å². The largest absolute Gasteiger partial charge is 0.396 e. The van der Waals surface area contributed by atoms with E-state index in [9.17, 15) is 5.11 Å². The quantitative estimate of drug-likeness (QED) is 0.825. The summed E-state index contributed by atoms with van der Waals surface area (Å²) in [5, 5.41) is 9.75. The second-order valence-electron chi connectivity index (χ2n) is 5.06. The van der Waals surface area contributed by atoms with Crippen LogP contribution >= 0.6 is 0 Å². The van der Waals surface area contributed by atoms with Crippen LogP contribution in [-0.2, 0) is 6.42 Å². The van der Waals surface area contributed by atoms with Crippen molar-refractivity contribution < 1.29 is 5.11 Å². The second kappa shape index (κ2) is 7.10. The molecule has 1 heteroatoms. The minimum atomic E-state index is 0.238. The average molecular weight is 254 g/mol. The number of hydrogen-bond donors (Lipinski definition) is 1. The van der Waals surface area contributed by atoms with Crippen LogP contribution < -0.4 is 0 Å². The Bertz CT molecular complexity index is 464. The van der Waals surface area contributed by atoms with Gasteiger partial charge in [0.25, 0.3) is 0 Å². The topological polar surface area (TPSA) is 20.2 Å². The molecule has 0 saturated heterocycles. The zero-order valence-corrected chi connectivity index (χ0v) is 11.5. The van der Waals surface area contributed by atoms with Crippen molar-refractivity contribution in [2.75, 3.05) is 6.61 Å². The molecule has 100 valence electrons. The van der Waals surface area contributed by atoms with E-state index in [1.165, 1.54) is 11.1 Å². The number of aliphatic hydroxyl groups is 1. The Morgan fingerprint density at radius 1 is 0.895 bits per heavy atom. The minimum Gasteiger partial charge on any atom is -0.396 e. The summed E-state index contributed by atoms with van der Waals surface area (Å²) in [6, 6.07) is 21.0. The fraction of sp³-hybridized carbons (Fsp3) is 0.333. The highest BCUT2D eigenvalue weighted by atomic mass is 16.3. The molecule has 0 amide bonds. The van der Waals surface area contributed by atoms with E-state index >= 15 is 0 Å². The van der Waals surface area contributed by atoms with Crippen LogP contribution in [-0.4, -0.2) is 11.7 Å². The third kappa shape index (κ3) is 3.68. The van der Waals surface area contributed by atoms with Gasteiger partial charge in [-0.1, -0.05) is 67.6 Å². The van der Waals surface area contributed by atoms with Gasteiger partial charge >= 0.3 is 0 Å². The van der Waals surface area contributed by atoms with Gasteiger partial charge in [-0.25, -0.2) is 0 Å². The monoisotopic (exact) mass is 254 g/mol. The first kappa shape index (κ1) is 13.8. The third-order valence-corrected chi connectivity index (χ3v) is 3.81. The van der Waals surface area contributed by atoms with E-state index < -0.39 is 0 Å². The van der Waals surface area contributed by atoms with Gasteiger partial charge in [0.05, 0.1) is 0 Å². The van der Waals surface area contributed by atoms with Crippen LogP contribution in [0, 0.1) is 5.92 Å². The maximum Gasteiger partial charge on any atom is 0.0468 e. The average Bonchev–Trinajstić information content (AvgIpc) is 2.49. The zero-order chi connectivity index (χ0) is 13.5. The highest BCUT2D eigenvalue weighted by Gasteiger charge is 2.21. The first-order valence-electron chi connectivity index (χ1n) is 7.05. The van der Waals surface area contributed by atoms with E-state index in [2.05, 4.69) is 55.5 Å². The predicted molar refractivity (Wildman–Crippen MR) is 80.2 cm³/mol. The highest BCUT2D eigenvalue weighted by molar-refractivity contribution is 5.22. The summed E-state index contributed by atoms with van der Waals surface area (Å²) >= 11 is 0. The molecular weight excluding hydrogens is 232 g/mol. The summed E-state index contributed by atoms with van der Waals surface area (Å²) in [4.78, 5) is 0. The zero-order valence-electron chi connectivity index (χ0n) is 11.5. The molecule has 2 atom stereocenters. The summed E-state index contributed by atoms with van der Waals surface area (Å²) in [6.07, 6.45) is 1.99. The van der Waals surface area contributed by atoms with Gasteiger partial charge < -0.3 is 5.11 Å². The molecule has 0 aromatic heterocycles. The predicted octanol–water partition coefficient (Wildman–Crippen LogP) is 4.03. The normalized spacial score (nSPS) is 14.0. The summed E-state index contributed by atoms with van der Waals surface area (Å²) in [5.41, 5.74) is 2.64. The van der Waals surface area contributed by atoms with Gasteiger partial charge in [-0.15, -0.1) is 0 Å². The molecule has 0 aliphatic heterocycles. The number of rotatable bonds is 6. The van der Waals surface area contributed by atoms with Gasteiger partial charge in [-0.3, -0.25) is 0 Å². The molecule has 0 unspecified atom stereocenters. The van der Waals surface area contributed by atoms with Gasteiger partial charge in [0.1, 0.15) is 0 Å². The number of benzene rings is 2. The third-order valence-electron chi connectivity index (χ3n) is 3.81. The van der Waals surface area contributed by atoms with Crippen molar-refractivity contribution in [3.63, 3.8) is 0 Å². The fourth-order valence-electron chi connectivity index (χ4n) is 2.79. The van der Waals surface area contributed by atoms with Crippen LogP contribution in [0.5, 0.6) is 0 Å². The van der Waals surface area contributed by atoms with Crippen molar-refractivity contribution in [1.29, 1.82) is 0 Å². The maximum atomic E-state index is 9.75. The fourth-order valence-corrected chi connectivity index (χ4v) is 2.79. The smallest absolute Gasteiger partial charge is 0.0468 e. The van der Waals surface area contributed by atoms with Gasteiger partial charge in [0.15, 0.2) is 0 Å². The molecule has 0 radical (unpaired) electrons. The molecule has 0 heterocycles. The van der Waals surface area contributed by atoms with Crippen molar-refractivity contribution in [1.82, 2.24) is 0 Å². The van der Waals surface area contributed by atoms with Gasteiger partial charge in [0.2, 0.25) is 0 Å². The van der Waals surface area contributed by atoms with Crippen molar-refractivity contribution in [3.05, 3.63) is 71.8 Å². The van der Waals surface area contributed by atoms with Gasteiger partial charge in [0, 0.05) is 6.61 Å². The minimum absolute atomic E-state index is 0.238. The van der Waals surface area contributed by atoms with E-state index in [4.69, 9.17) is 0 Å². The SMILES string of the molecule is CC[C@@H](c1ccccc1)[C@@H](CO)Cc1ccccc1. The van der Waals surface area contributed by atoms with Crippen molar-refractivity contribution >= 4 is 0 Å². The van der Waals surface area contributed by atoms with E-state index in [1.807, 2.05) is 12.1 Å². The standard InChI is InChI=1S/C18H22O/c1-2-18(16-11-7-4-8-12-16)17(14-19)13-15-9-5-3-6-10-15/h3-12,17-19H,2,13-14H2,1H3/t17-,18+/m1/s1.